The number of nitrogens with zero attached hydrogens (tertiary/aromatic N) is 3. The lowest BCUT2D eigenvalue weighted by atomic mass is 10.1. The number of hydrogen-bond donors (Lipinski definition) is 0. The van der Waals surface area contributed by atoms with Crippen LogP contribution in [0.2, 0.25) is 5.02 Å². The summed E-state index contributed by atoms with van der Waals surface area (Å²) < 4.78 is 21.7. The van der Waals surface area contributed by atoms with Gasteiger partial charge in [-0.2, -0.15) is 5.10 Å². The Morgan fingerprint density at radius 2 is 1.62 bits per heavy atom. The van der Waals surface area contributed by atoms with Gasteiger partial charge in [0.05, 0.1) is 23.5 Å². The maximum atomic E-state index is 13.8. The minimum absolute atomic E-state index is 0.153. The number of aryl methyl sites for hydroxylation is 2. The van der Waals surface area contributed by atoms with Gasteiger partial charge >= 0.3 is 0 Å². The Bertz CT molecular complexity index is 1580. The summed E-state index contributed by atoms with van der Waals surface area (Å²) in [6.07, 6.45) is 0. The molecule has 0 N–H and O–H groups in total. The predicted octanol–water partition coefficient (Wildman–Crippen LogP) is 7.92. The molecule has 0 saturated heterocycles. The molecule has 1 heterocycles. The number of para-hydroxylation sites is 1. The van der Waals surface area contributed by atoms with Gasteiger partial charge < -0.3 is 9.64 Å². The lowest BCUT2D eigenvalue weighted by molar-refractivity contribution is 0.0729. The number of aromatic nitrogens is 2. The van der Waals surface area contributed by atoms with Crippen molar-refractivity contribution in [1.29, 1.82) is 0 Å². The van der Waals surface area contributed by atoms with E-state index in [1.807, 2.05) is 86.6 Å². The fourth-order valence-electron chi connectivity index (χ4n) is 4.29. The van der Waals surface area contributed by atoms with Crippen molar-refractivity contribution < 1.29 is 13.9 Å². The molecule has 0 radical (unpaired) electrons. The molecule has 0 bridgehead atoms. The predicted molar refractivity (Wildman–Crippen MR) is 151 cm³/mol. The zero-order valence-electron chi connectivity index (χ0n) is 21.6. The molecule has 4 aromatic carbocycles. The maximum Gasteiger partial charge on any atom is 0.254 e. The van der Waals surface area contributed by atoms with E-state index in [0.717, 1.165) is 22.4 Å². The van der Waals surface area contributed by atoms with Crippen molar-refractivity contribution in [2.75, 3.05) is 0 Å². The molecule has 0 atom stereocenters. The first-order chi connectivity index (χ1) is 18.9. The number of carbonyl (C=O) groups excluding carboxylic acids is 1. The van der Waals surface area contributed by atoms with Crippen molar-refractivity contribution >= 4 is 17.5 Å². The Hall–Kier alpha value is -4.42. The van der Waals surface area contributed by atoms with Gasteiger partial charge in [-0.1, -0.05) is 65.7 Å². The first-order valence-electron chi connectivity index (χ1n) is 12.5. The third kappa shape index (κ3) is 6.19. The SMILES string of the molecule is Cc1ccc(C(=O)N(Cc2ccc(F)cc2)Cc2c(C)nn(-c3cccc(Cl)c3)c2Oc2ccccc2)cc1. The summed E-state index contributed by atoms with van der Waals surface area (Å²) >= 11 is 6.30. The molecule has 0 saturated carbocycles. The molecule has 5 rings (SSSR count). The molecule has 0 aliphatic rings. The van der Waals surface area contributed by atoms with E-state index in [4.69, 9.17) is 21.4 Å². The number of rotatable bonds is 8. The van der Waals surface area contributed by atoms with Crippen LogP contribution in [0, 0.1) is 19.7 Å². The molecule has 1 aromatic heterocycles. The van der Waals surface area contributed by atoms with Crippen LogP contribution < -0.4 is 4.74 Å². The van der Waals surface area contributed by atoms with E-state index in [-0.39, 0.29) is 24.8 Å². The number of ether oxygens (including phenoxy) is 1. The Morgan fingerprint density at radius 1 is 0.897 bits per heavy atom. The van der Waals surface area contributed by atoms with Gasteiger partial charge in [-0.15, -0.1) is 0 Å². The van der Waals surface area contributed by atoms with Gasteiger partial charge in [-0.05, 0) is 74.0 Å². The van der Waals surface area contributed by atoms with E-state index in [9.17, 15) is 9.18 Å². The Kier molecular flexibility index (Phi) is 7.75. The van der Waals surface area contributed by atoms with Gasteiger partial charge in [0.2, 0.25) is 5.88 Å². The van der Waals surface area contributed by atoms with E-state index in [0.29, 0.717) is 27.9 Å². The summed E-state index contributed by atoms with van der Waals surface area (Å²) in [6, 6.07) is 30.4. The van der Waals surface area contributed by atoms with E-state index in [1.54, 1.807) is 27.8 Å². The summed E-state index contributed by atoms with van der Waals surface area (Å²) in [5, 5.41) is 5.35. The second kappa shape index (κ2) is 11.5. The average molecular weight is 540 g/mol. The third-order valence-corrected chi connectivity index (χ3v) is 6.60. The maximum absolute atomic E-state index is 13.8. The number of amides is 1. The van der Waals surface area contributed by atoms with Crippen molar-refractivity contribution in [3.05, 3.63) is 142 Å². The summed E-state index contributed by atoms with van der Waals surface area (Å²) in [6.45, 7) is 4.37. The Balaban J connectivity index is 1.58. The molecule has 1 amide bonds. The molecular weight excluding hydrogens is 513 g/mol. The molecule has 5 nitrogen and oxygen atoms in total. The standard InChI is InChI=1S/C32H27ClFN3O2/c1-22-11-15-25(16-12-22)31(38)36(20-24-13-17-27(34)18-14-24)21-30-23(2)35-37(28-8-6-7-26(33)19-28)32(30)39-29-9-4-3-5-10-29/h3-19H,20-21H2,1-2H3. The van der Waals surface area contributed by atoms with Crippen LogP contribution in [0.5, 0.6) is 11.6 Å². The fraction of sp³-hybridized carbons (Fsp3) is 0.125. The van der Waals surface area contributed by atoms with Crippen LogP contribution in [0.3, 0.4) is 0 Å². The highest BCUT2D eigenvalue weighted by molar-refractivity contribution is 6.30. The number of benzene rings is 4. The van der Waals surface area contributed by atoms with Crippen LogP contribution in [0.4, 0.5) is 4.39 Å². The molecule has 7 heteroatoms. The summed E-state index contributed by atoms with van der Waals surface area (Å²) in [4.78, 5) is 15.5. The molecule has 0 aliphatic heterocycles. The summed E-state index contributed by atoms with van der Waals surface area (Å²) in [5.74, 6) is 0.644. The highest BCUT2D eigenvalue weighted by Gasteiger charge is 2.25. The second-order valence-corrected chi connectivity index (χ2v) is 9.77. The van der Waals surface area contributed by atoms with Crippen molar-refractivity contribution in [3.8, 4) is 17.3 Å². The van der Waals surface area contributed by atoms with E-state index < -0.39 is 0 Å². The van der Waals surface area contributed by atoms with Crippen LogP contribution in [0.15, 0.2) is 103 Å². The van der Waals surface area contributed by atoms with Crippen LogP contribution >= 0.6 is 11.6 Å². The first-order valence-corrected chi connectivity index (χ1v) is 12.9. The highest BCUT2D eigenvalue weighted by atomic mass is 35.5. The molecule has 0 spiro atoms. The van der Waals surface area contributed by atoms with Gasteiger partial charge in [0.15, 0.2) is 0 Å². The van der Waals surface area contributed by atoms with Gasteiger partial charge in [0, 0.05) is 17.1 Å². The van der Waals surface area contributed by atoms with E-state index >= 15 is 0 Å². The zero-order valence-corrected chi connectivity index (χ0v) is 22.4. The minimum Gasteiger partial charge on any atom is -0.439 e. The molecular formula is C32H27ClFN3O2. The van der Waals surface area contributed by atoms with Gasteiger partial charge in [0.25, 0.3) is 5.91 Å². The monoisotopic (exact) mass is 539 g/mol. The smallest absolute Gasteiger partial charge is 0.254 e. The normalized spacial score (nSPS) is 10.9. The Labute approximate surface area is 232 Å². The zero-order chi connectivity index (χ0) is 27.4. The third-order valence-electron chi connectivity index (χ3n) is 6.37. The fourth-order valence-corrected chi connectivity index (χ4v) is 4.47. The molecule has 196 valence electrons. The van der Waals surface area contributed by atoms with Gasteiger partial charge in [-0.25, -0.2) is 9.07 Å². The average Bonchev–Trinajstić information content (AvgIpc) is 3.24. The summed E-state index contributed by atoms with van der Waals surface area (Å²) in [7, 11) is 0. The van der Waals surface area contributed by atoms with E-state index in [1.165, 1.54) is 12.1 Å². The van der Waals surface area contributed by atoms with Crippen LogP contribution in [-0.2, 0) is 13.1 Å². The van der Waals surface area contributed by atoms with Crippen LogP contribution in [-0.4, -0.2) is 20.6 Å². The van der Waals surface area contributed by atoms with Crippen molar-refractivity contribution in [2.24, 2.45) is 0 Å². The lowest BCUT2D eigenvalue weighted by Crippen LogP contribution is -2.30. The topological polar surface area (TPSA) is 47.4 Å². The lowest BCUT2D eigenvalue weighted by Gasteiger charge is -2.24. The number of halogens is 2. The van der Waals surface area contributed by atoms with Crippen molar-refractivity contribution in [3.63, 3.8) is 0 Å². The number of carbonyl (C=O) groups is 1. The first kappa shape index (κ1) is 26.2. The van der Waals surface area contributed by atoms with Crippen molar-refractivity contribution in [1.82, 2.24) is 14.7 Å². The largest absolute Gasteiger partial charge is 0.439 e. The second-order valence-electron chi connectivity index (χ2n) is 9.33. The van der Waals surface area contributed by atoms with Gasteiger partial charge in [-0.3, -0.25) is 4.79 Å². The quantitative estimate of drug-likeness (QED) is 0.201. The van der Waals surface area contributed by atoms with E-state index in [2.05, 4.69) is 0 Å². The molecule has 0 fully saturated rings. The molecule has 0 aliphatic carbocycles. The van der Waals surface area contributed by atoms with Crippen LogP contribution in [0.1, 0.15) is 32.7 Å². The van der Waals surface area contributed by atoms with Crippen LogP contribution in [0.25, 0.3) is 5.69 Å². The molecule has 5 aromatic rings. The Morgan fingerprint density at radius 3 is 2.31 bits per heavy atom. The molecule has 39 heavy (non-hydrogen) atoms. The summed E-state index contributed by atoms with van der Waals surface area (Å²) in [5.41, 5.74) is 4.63. The number of hydrogen-bond acceptors (Lipinski definition) is 3. The molecule has 0 unspecified atom stereocenters. The highest BCUT2D eigenvalue weighted by Crippen LogP contribution is 2.33. The van der Waals surface area contributed by atoms with Gasteiger partial charge in [0.1, 0.15) is 11.6 Å². The van der Waals surface area contributed by atoms with Crippen molar-refractivity contribution in [2.45, 2.75) is 26.9 Å². The minimum atomic E-state index is -0.327.